The van der Waals surface area contributed by atoms with E-state index in [1.165, 1.54) is 4.88 Å². The van der Waals surface area contributed by atoms with E-state index < -0.39 is 6.04 Å². The number of hydrogen-bond acceptors (Lipinski definition) is 10. The number of H-pyrrole nitrogens is 1. The second-order valence-electron chi connectivity index (χ2n) is 10.7. The van der Waals surface area contributed by atoms with Gasteiger partial charge in [0.15, 0.2) is 17.7 Å². The van der Waals surface area contributed by atoms with Crippen LogP contribution in [0.1, 0.15) is 24.6 Å². The summed E-state index contributed by atoms with van der Waals surface area (Å²) >= 11 is 1.74. The van der Waals surface area contributed by atoms with Gasteiger partial charge in [0.25, 0.3) is 0 Å². The van der Waals surface area contributed by atoms with Crippen molar-refractivity contribution in [1.82, 2.24) is 30.4 Å². The van der Waals surface area contributed by atoms with Gasteiger partial charge in [-0.15, -0.1) is 11.3 Å². The van der Waals surface area contributed by atoms with Crippen LogP contribution in [0.15, 0.2) is 42.1 Å². The Hall–Kier alpha value is -3.87. The minimum absolute atomic E-state index is 0.173. The quantitative estimate of drug-likeness (QED) is 0.335. The van der Waals surface area contributed by atoms with Crippen molar-refractivity contribution >= 4 is 50.2 Å². The molecule has 0 radical (unpaired) electrons. The SMILES string of the molecule is C[C@H]1OC(=O)[C@H]1NC(=O)C1=CCCN(Cc2cc3nc(-c4cccc5[nH]ncc45)nc(N4CCOCC4)c3s2)CC1. The number of fused-ring (bicyclic) bond motifs is 2. The van der Waals surface area contributed by atoms with E-state index in [4.69, 9.17) is 19.4 Å². The lowest BCUT2D eigenvalue weighted by Gasteiger charge is -2.32. The van der Waals surface area contributed by atoms with Gasteiger partial charge in [-0.05, 0) is 31.9 Å². The molecule has 6 heterocycles. The molecule has 0 saturated carbocycles. The number of aromatic amines is 1. The molecule has 3 aliphatic rings. The van der Waals surface area contributed by atoms with Crippen LogP contribution in [-0.4, -0.2) is 88.5 Å². The molecule has 0 aliphatic carbocycles. The van der Waals surface area contributed by atoms with Crippen LogP contribution < -0.4 is 10.2 Å². The Bertz CT molecular complexity index is 1660. The number of hydrogen-bond donors (Lipinski definition) is 2. The Morgan fingerprint density at radius 1 is 1.20 bits per heavy atom. The predicted molar refractivity (Wildman–Crippen MR) is 156 cm³/mol. The van der Waals surface area contributed by atoms with Gasteiger partial charge >= 0.3 is 5.97 Å². The fraction of sp³-hybridized carbons (Fsp3) is 0.414. The van der Waals surface area contributed by atoms with Crippen LogP contribution in [0.2, 0.25) is 0 Å². The predicted octanol–water partition coefficient (Wildman–Crippen LogP) is 3.02. The molecule has 3 aliphatic heterocycles. The number of carbonyl (C=O) groups excluding carboxylic acids is 2. The number of cyclic esters (lactones) is 1. The number of aromatic nitrogens is 4. The molecule has 2 fully saturated rings. The Balaban J connectivity index is 1.13. The van der Waals surface area contributed by atoms with Crippen LogP contribution in [0.4, 0.5) is 5.82 Å². The fourth-order valence-corrected chi connectivity index (χ4v) is 6.82. The molecule has 2 atom stereocenters. The number of nitrogens with zero attached hydrogens (tertiary/aromatic N) is 5. The number of thiophene rings is 1. The van der Waals surface area contributed by atoms with Crippen molar-refractivity contribution in [3.63, 3.8) is 0 Å². The van der Waals surface area contributed by atoms with Crippen LogP contribution in [0, 0.1) is 0 Å². The van der Waals surface area contributed by atoms with E-state index in [1.807, 2.05) is 30.5 Å². The third-order valence-corrected chi connectivity index (χ3v) is 9.06. The summed E-state index contributed by atoms with van der Waals surface area (Å²) in [5.41, 5.74) is 3.57. The molecule has 1 aromatic carbocycles. The van der Waals surface area contributed by atoms with Crippen molar-refractivity contribution in [2.75, 3.05) is 44.3 Å². The molecule has 7 rings (SSSR count). The lowest BCUT2D eigenvalue weighted by atomic mass is 10.1. The molecule has 41 heavy (non-hydrogen) atoms. The van der Waals surface area contributed by atoms with Crippen molar-refractivity contribution in [2.45, 2.75) is 38.5 Å². The summed E-state index contributed by atoms with van der Waals surface area (Å²) in [5.74, 6) is 1.10. The minimum Gasteiger partial charge on any atom is -0.458 e. The van der Waals surface area contributed by atoms with Gasteiger partial charge in [0.1, 0.15) is 6.10 Å². The fourth-order valence-electron chi connectivity index (χ4n) is 5.67. The average Bonchev–Trinajstić information content (AvgIpc) is 3.57. The molecular weight excluding hydrogens is 542 g/mol. The first-order chi connectivity index (χ1) is 20.0. The van der Waals surface area contributed by atoms with Crippen molar-refractivity contribution in [1.29, 1.82) is 0 Å². The zero-order valence-corrected chi connectivity index (χ0v) is 23.6. The summed E-state index contributed by atoms with van der Waals surface area (Å²) in [6.45, 7) is 7.09. The van der Waals surface area contributed by atoms with Crippen LogP contribution >= 0.6 is 11.3 Å². The number of esters is 1. The van der Waals surface area contributed by atoms with Crippen molar-refractivity contribution in [3.8, 4) is 11.4 Å². The first-order valence-electron chi connectivity index (χ1n) is 14.0. The van der Waals surface area contributed by atoms with Crippen LogP contribution in [0.3, 0.4) is 0 Å². The van der Waals surface area contributed by atoms with E-state index in [0.717, 1.165) is 77.2 Å². The second-order valence-corrected chi connectivity index (χ2v) is 11.8. The molecule has 212 valence electrons. The van der Waals surface area contributed by atoms with Gasteiger partial charge in [-0.3, -0.25) is 14.8 Å². The third-order valence-electron chi connectivity index (χ3n) is 7.96. The summed E-state index contributed by atoms with van der Waals surface area (Å²) in [6, 6.07) is 7.68. The number of carbonyl (C=O) groups is 2. The Morgan fingerprint density at radius 3 is 2.90 bits per heavy atom. The molecule has 0 spiro atoms. The van der Waals surface area contributed by atoms with Crippen molar-refractivity contribution in [3.05, 3.63) is 47.0 Å². The lowest BCUT2D eigenvalue weighted by molar-refractivity contribution is -0.175. The number of morpholine rings is 1. The summed E-state index contributed by atoms with van der Waals surface area (Å²) in [7, 11) is 0. The lowest BCUT2D eigenvalue weighted by Crippen LogP contribution is -2.58. The standard InChI is InChI=1S/C29H31N7O4S/c1-17-24(29(38)40-17)32-28(37)18-4-3-8-35(9-7-18)16-19-14-23-25(41-19)27(36-10-12-39-13-11-36)33-26(31-23)20-5-2-6-22-21(20)15-30-34-22/h2,4-6,14-15,17,24H,3,7-13,16H2,1H3,(H,30,34)(H,32,37)/t17-,24+/m1/s1. The number of rotatable bonds is 6. The first-order valence-corrected chi connectivity index (χ1v) is 14.8. The second kappa shape index (κ2) is 10.8. The molecule has 1 amide bonds. The Morgan fingerprint density at radius 2 is 2.07 bits per heavy atom. The number of amides is 1. The van der Waals surface area contributed by atoms with E-state index in [0.29, 0.717) is 25.5 Å². The number of benzene rings is 1. The maximum Gasteiger partial charge on any atom is 0.332 e. The molecule has 3 aromatic heterocycles. The van der Waals surface area contributed by atoms with E-state index in [2.05, 4.69) is 31.4 Å². The van der Waals surface area contributed by atoms with E-state index in [1.54, 1.807) is 18.3 Å². The van der Waals surface area contributed by atoms with Gasteiger partial charge in [0.05, 0.1) is 35.1 Å². The minimum atomic E-state index is -0.548. The smallest absolute Gasteiger partial charge is 0.332 e. The molecule has 2 saturated heterocycles. The monoisotopic (exact) mass is 573 g/mol. The molecule has 12 heteroatoms. The Kier molecular flexibility index (Phi) is 6.89. The van der Waals surface area contributed by atoms with E-state index >= 15 is 0 Å². The third kappa shape index (κ3) is 5.07. The normalized spacial score (nSPS) is 21.8. The number of nitrogens with one attached hydrogen (secondary N) is 2. The summed E-state index contributed by atoms with van der Waals surface area (Å²) < 4.78 is 11.7. The van der Waals surface area contributed by atoms with Gasteiger partial charge in [0, 0.05) is 54.1 Å². The van der Waals surface area contributed by atoms with Gasteiger partial charge < -0.3 is 19.7 Å². The zero-order chi connectivity index (χ0) is 27.9. The number of ether oxygens (including phenoxy) is 2. The highest BCUT2D eigenvalue weighted by Gasteiger charge is 2.40. The van der Waals surface area contributed by atoms with Crippen LogP contribution in [0.25, 0.3) is 32.5 Å². The maximum absolute atomic E-state index is 12.8. The molecule has 4 aromatic rings. The largest absolute Gasteiger partial charge is 0.458 e. The van der Waals surface area contributed by atoms with Gasteiger partial charge in [-0.25, -0.2) is 14.8 Å². The van der Waals surface area contributed by atoms with E-state index in [-0.39, 0.29) is 18.0 Å². The van der Waals surface area contributed by atoms with Gasteiger partial charge in [-0.1, -0.05) is 18.2 Å². The summed E-state index contributed by atoms with van der Waals surface area (Å²) in [5, 5.41) is 11.1. The van der Waals surface area contributed by atoms with Crippen molar-refractivity contribution in [2.24, 2.45) is 0 Å². The van der Waals surface area contributed by atoms with Gasteiger partial charge in [0.2, 0.25) is 5.91 Å². The van der Waals surface area contributed by atoms with Crippen LogP contribution in [0.5, 0.6) is 0 Å². The summed E-state index contributed by atoms with van der Waals surface area (Å²) in [4.78, 5) is 40.4. The van der Waals surface area contributed by atoms with E-state index in [9.17, 15) is 9.59 Å². The molecule has 0 bridgehead atoms. The zero-order valence-electron chi connectivity index (χ0n) is 22.8. The van der Waals surface area contributed by atoms with Crippen LogP contribution in [-0.2, 0) is 25.6 Å². The molecule has 2 N–H and O–H groups in total. The Labute approximate surface area is 240 Å². The molecule has 11 nitrogen and oxygen atoms in total. The van der Waals surface area contributed by atoms with Gasteiger partial charge in [-0.2, -0.15) is 5.10 Å². The highest BCUT2D eigenvalue weighted by Crippen LogP contribution is 2.36. The highest BCUT2D eigenvalue weighted by atomic mass is 32.1. The highest BCUT2D eigenvalue weighted by molar-refractivity contribution is 7.19. The number of anilines is 1. The molecular formula is C29H31N7O4S. The topological polar surface area (TPSA) is 126 Å². The van der Waals surface area contributed by atoms with Crippen molar-refractivity contribution < 1.29 is 19.1 Å². The summed E-state index contributed by atoms with van der Waals surface area (Å²) in [6.07, 6.45) is 4.95. The maximum atomic E-state index is 12.8. The molecule has 0 unspecified atom stereocenters. The average molecular weight is 574 g/mol. The first kappa shape index (κ1) is 26.1.